The van der Waals surface area contributed by atoms with Crippen LogP contribution >= 0.6 is 11.6 Å². The summed E-state index contributed by atoms with van der Waals surface area (Å²) in [4.78, 5) is 28.8. The Labute approximate surface area is 163 Å². The number of para-hydroxylation sites is 2. The maximum Gasteiger partial charge on any atom is 0.257 e. The lowest BCUT2D eigenvalue weighted by Gasteiger charge is -2.34. The molecule has 1 aliphatic heterocycles. The summed E-state index contributed by atoms with van der Waals surface area (Å²) in [7, 11) is 1.56. The maximum atomic E-state index is 12.7. The maximum absolute atomic E-state index is 12.7. The van der Waals surface area contributed by atoms with E-state index in [0.29, 0.717) is 48.2 Å². The van der Waals surface area contributed by atoms with Crippen LogP contribution in [-0.4, -0.2) is 61.4 Å². The predicted molar refractivity (Wildman–Crippen MR) is 105 cm³/mol. The van der Waals surface area contributed by atoms with Gasteiger partial charge in [0.2, 0.25) is 5.91 Å². The standard InChI is InChI=1S/C20H22ClN3O3/c1-27-18-9-5-2-6-15(18)20(26)24-12-10-23(11-13-24)14-19(25)22-17-8-4-3-7-16(17)21/h2-9H,10-14H2,1H3,(H,22,25). The molecule has 2 aromatic rings. The Kier molecular flexibility index (Phi) is 6.32. The monoisotopic (exact) mass is 387 g/mol. The quantitative estimate of drug-likeness (QED) is 0.856. The number of benzene rings is 2. The number of hydrogen-bond acceptors (Lipinski definition) is 4. The Morgan fingerprint density at radius 1 is 1.04 bits per heavy atom. The molecule has 0 spiro atoms. The number of piperazine rings is 1. The number of hydrogen-bond donors (Lipinski definition) is 1. The van der Waals surface area contributed by atoms with E-state index in [1.807, 2.05) is 29.2 Å². The summed E-state index contributed by atoms with van der Waals surface area (Å²) in [5.74, 6) is 0.407. The lowest BCUT2D eigenvalue weighted by Crippen LogP contribution is -2.50. The van der Waals surface area contributed by atoms with Crippen LogP contribution in [0, 0.1) is 0 Å². The van der Waals surface area contributed by atoms with Gasteiger partial charge < -0.3 is 15.0 Å². The van der Waals surface area contributed by atoms with Gasteiger partial charge in [-0.1, -0.05) is 35.9 Å². The summed E-state index contributed by atoms with van der Waals surface area (Å²) >= 11 is 6.07. The SMILES string of the molecule is COc1ccccc1C(=O)N1CCN(CC(=O)Nc2ccccc2Cl)CC1. The Hall–Kier alpha value is -2.57. The number of nitrogens with one attached hydrogen (secondary N) is 1. The van der Waals surface area contributed by atoms with E-state index in [1.165, 1.54) is 0 Å². The molecule has 0 bridgehead atoms. The van der Waals surface area contributed by atoms with Crippen molar-refractivity contribution in [1.29, 1.82) is 0 Å². The summed E-state index contributed by atoms with van der Waals surface area (Å²) in [5.41, 5.74) is 1.17. The van der Waals surface area contributed by atoms with Gasteiger partial charge in [-0.3, -0.25) is 14.5 Å². The molecule has 0 radical (unpaired) electrons. The van der Waals surface area contributed by atoms with Gasteiger partial charge in [0.05, 0.1) is 29.9 Å². The molecule has 3 rings (SSSR count). The summed E-state index contributed by atoms with van der Waals surface area (Å²) < 4.78 is 5.28. The van der Waals surface area contributed by atoms with E-state index in [-0.39, 0.29) is 18.4 Å². The molecule has 0 atom stereocenters. The van der Waals surface area contributed by atoms with Gasteiger partial charge in [-0.2, -0.15) is 0 Å². The van der Waals surface area contributed by atoms with Crippen molar-refractivity contribution in [1.82, 2.24) is 9.80 Å². The lowest BCUT2D eigenvalue weighted by atomic mass is 10.1. The van der Waals surface area contributed by atoms with Gasteiger partial charge >= 0.3 is 0 Å². The summed E-state index contributed by atoms with van der Waals surface area (Å²) in [6, 6.07) is 14.4. The zero-order valence-electron chi connectivity index (χ0n) is 15.2. The third-order valence-corrected chi connectivity index (χ3v) is 4.84. The van der Waals surface area contributed by atoms with E-state index < -0.39 is 0 Å². The Balaban J connectivity index is 1.52. The van der Waals surface area contributed by atoms with Gasteiger partial charge in [0.1, 0.15) is 5.75 Å². The summed E-state index contributed by atoms with van der Waals surface area (Å²) in [5, 5.41) is 3.33. The fourth-order valence-corrected chi connectivity index (χ4v) is 3.24. The highest BCUT2D eigenvalue weighted by atomic mass is 35.5. The van der Waals surface area contributed by atoms with Crippen LogP contribution in [0.2, 0.25) is 5.02 Å². The number of nitrogens with zero attached hydrogens (tertiary/aromatic N) is 2. The van der Waals surface area contributed by atoms with Crippen molar-refractivity contribution in [2.45, 2.75) is 0 Å². The van der Waals surface area contributed by atoms with E-state index in [4.69, 9.17) is 16.3 Å². The molecule has 1 fully saturated rings. The van der Waals surface area contributed by atoms with Gasteiger partial charge in [-0.25, -0.2) is 0 Å². The average molecular weight is 388 g/mol. The number of amides is 2. The van der Waals surface area contributed by atoms with Crippen molar-refractivity contribution >= 4 is 29.1 Å². The third-order valence-electron chi connectivity index (χ3n) is 4.51. The highest BCUT2D eigenvalue weighted by molar-refractivity contribution is 6.33. The molecule has 1 aliphatic rings. The Morgan fingerprint density at radius 3 is 2.41 bits per heavy atom. The first-order valence-electron chi connectivity index (χ1n) is 8.77. The highest BCUT2D eigenvalue weighted by Crippen LogP contribution is 2.21. The second kappa shape index (κ2) is 8.88. The zero-order valence-corrected chi connectivity index (χ0v) is 15.9. The van der Waals surface area contributed by atoms with Crippen LogP contribution in [-0.2, 0) is 4.79 Å². The van der Waals surface area contributed by atoms with Crippen molar-refractivity contribution in [3.63, 3.8) is 0 Å². The molecule has 2 amide bonds. The van der Waals surface area contributed by atoms with Crippen molar-refractivity contribution in [2.24, 2.45) is 0 Å². The van der Waals surface area contributed by atoms with Crippen LogP contribution in [0.3, 0.4) is 0 Å². The predicted octanol–water partition coefficient (Wildman–Crippen LogP) is 2.75. The normalized spacial score (nSPS) is 14.7. The number of halogens is 1. The van der Waals surface area contributed by atoms with Gasteiger partial charge in [0.15, 0.2) is 0 Å². The first kappa shape index (κ1) is 19.2. The molecule has 0 saturated carbocycles. The number of carbonyl (C=O) groups excluding carboxylic acids is 2. The molecule has 1 N–H and O–H groups in total. The molecule has 7 heteroatoms. The van der Waals surface area contributed by atoms with Crippen LogP contribution in [0.15, 0.2) is 48.5 Å². The van der Waals surface area contributed by atoms with Crippen LogP contribution in [0.25, 0.3) is 0 Å². The molecule has 2 aromatic carbocycles. The topological polar surface area (TPSA) is 61.9 Å². The molecular weight excluding hydrogens is 366 g/mol. The van der Waals surface area contributed by atoms with E-state index in [1.54, 1.807) is 36.3 Å². The van der Waals surface area contributed by atoms with Crippen LogP contribution in [0.5, 0.6) is 5.75 Å². The zero-order chi connectivity index (χ0) is 19.2. The van der Waals surface area contributed by atoms with Crippen molar-refractivity contribution in [2.75, 3.05) is 45.2 Å². The Morgan fingerprint density at radius 2 is 1.70 bits per heavy atom. The minimum Gasteiger partial charge on any atom is -0.496 e. The smallest absolute Gasteiger partial charge is 0.257 e. The van der Waals surface area contributed by atoms with E-state index in [9.17, 15) is 9.59 Å². The van der Waals surface area contributed by atoms with Crippen molar-refractivity contribution < 1.29 is 14.3 Å². The van der Waals surface area contributed by atoms with E-state index in [2.05, 4.69) is 5.32 Å². The molecule has 142 valence electrons. The average Bonchev–Trinajstić information content (AvgIpc) is 2.69. The lowest BCUT2D eigenvalue weighted by molar-refractivity contribution is -0.117. The van der Waals surface area contributed by atoms with Gasteiger partial charge in [-0.05, 0) is 24.3 Å². The number of carbonyl (C=O) groups is 2. The highest BCUT2D eigenvalue weighted by Gasteiger charge is 2.25. The first-order chi connectivity index (χ1) is 13.1. The summed E-state index contributed by atoms with van der Waals surface area (Å²) in [6.45, 7) is 2.67. The molecule has 27 heavy (non-hydrogen) atoms. The fourth-order valence-electron chi connectivity index (χ4n) is 3.06. The van der Waals surface area contributed by atoms with Crippen molar-refractivity contribution in [3.05, 3.63) is 59.1 Å². The van der Waals surface area contributed by atoms with E-state index in [0.717, 1.165) is 0 Å². The number of ether oxygens (including phenoxy) is 1. The molecule has 1 saturated heterocycles. The molecular formula is C20H22ClN3O3. The second-order valence-electron chi connectivity index (χ2n) is 6.30. The number of methoxy groups -OCH3 is 1. The van der Waals surface area contributed by atoms with E-state index >= 15 is 0 Å². The molecule has 1 heterocycles. The number of anilines is 1. The largest absolute Gasteiger partial charge is 0.496 e. The van der Waals surface area contributed by atoms with Crippen molar-refractivity contribution in [3.8, 4) is 5.75 Å². The number of rotatable bonds is 5. The molecule has 6 nitrogen and oxygen atoms in total. The molecule has 0 aliphatic carbocycles. The van der Waals surface area contributed by atoms with Crippen LogP contribution in [0.1, 0.15) is 10.4 Å². The Bertz CT molecular complexity index is 820. The third kappa shape index (κ3) is 4.78. The van der Waals surface area contributed by atoms with Gasteiger partial charge in [0, 0.05) is 26.2 Å². The fraction of sp³-hybridized carbons (Fsp3) is 0.300. The second-order valence-corrected chi connectivity index (χ2v) is 6.70. The van der Waals surface area contributed by atoms with Gasteiger partial charge in [0.25, 0.3) is 5.91 Å². The van der Waals surface area contributed by atoms with Gasteiger partial charge in [-0.15, -0.1) is 0 Å². The molecule has 0 unspecified atom stereocenters. The van der Waals surface area contributed by atoms with Crippen LogP contribution < -0.4 is 10.1 Å². The minimum atomic E-state index is -0.118. The first-order valence-corrected chi connectivity index (χ1v) is 9.15. The summed E-state index contributed by atoms with van der Waals surface area (Å²) in [6.07, 6.45) is 0. The molecule has 0 aromatic heterocycles. The minimum absolute atomic E-state index is 0.0485. The van der Waals surface area contributed by atoms with Crippen LogP contribution in [0.4, 0.5) is 5.69 Å².